The van der Waals surface area contributed by atoms with Crippen LogP contribution in [0.4, 0.5) is 0 Å². The number of carbonyl (C=O) groups is 1. The third-order valence-electron chi connectivity index (χ3n) is 3.42. The molecule has 0 bridgehead atoms. The van der Waals surface area contributed by atoms with Crippen LogP contribution in [0.3, 0.4) is 0 Å². The van der Waals surface area contributed by atoms with Crippen LogP contribution in [0.5, 0.6) is 0 Å². The van der Waals surface area contributed by atoms with E-state index in [-0.39, 0.29) is 18.3 Å². The smallest absolute Gasteiger partial charge is 0.236 e. The minimum atomic E-state index is 0. The van der Waals surface area contributed by atoms with Gasteiger partial charge in [0.15, 0.2) is 0 Å². The quantitative estimate of drug-likeness (QED) is 0.932. The van der Waals surface area contributed by atoms with E-state index in [1.165, 1.54) is 15.3 Å². The molecule has 1 aliphatic heterocycles. The highest BCUT2D eigenvalue weighted by Crippen LogP contribution is 2.35. The van der Waals surface area contributed by atoms with Crippen molar-refractivity contribution in [3.63, 3.8) is 0 Å². The maximum Gasteiger partial charge on any atom is 0.236 e. The predicted molar refractivity (Wildman–Crippen MR) is 90.5 cm³/mol. The third kappa shape index (κ3) is 3.45. The SMILES string of the molecule is CNCC(=O)N1CCc2sc(-c3csc(C)n3)cc2C1.Cl. The second kappa shape index (κ2) is 6.87. The van der Waals surface area contributed by atoms with Crippen LogP contribution in [0.2, 0.25) is 0 Å². The molecule has 0 atom stereocenters. The number of thiazole rings is 1. The van der Waals surface area contributed by atoms with Gasteiger partial charge in [-0.2, -0.15) is 0 Å². The number of halogens is 1. The van der Waals surface area contributed by atoms with Crippen LogP contribution in [0.1, 0.15) is 15.4 Å². The molecule has 2 aromatic heterocycles. The van der Waals surface area contributed by atoms with E-state index < -0.39 is 0 Å². The summed E-state index contributed by atoms with van der Waals surface area (Å²) in [6, 6.07) is 2.20. The lowest BCUT2D eigenvalue weighted by Gasteiger charge is -2.26. The molecule has 0 saturated heterocycles. The number of rotatable bonds is 3. The average Bonchev–Trinajstić information content (AvgIpc) is 3.03. The van der Waals surface area contributed by atoms with Crippen LogP contribution in [0, 0.1) is 6.92 Å². The van der Waals surface area contributed by atoms with Crippen molar-refractivity contribution in [1.29, 1.82) is 0 Å². The van der Waals surface area contributed by atoms with Crippen LogP contribution >= 0.6 is 35.1 Å². The highest BCUT2D eigenvalue weighted by atomic mass is 35.5. The maximum absolute atomic E-state index is 11.9. The second-order valence-electron chi connectivity index (χ2n) is 4.91. The molecular formula is C14H18ClN3OS2. The number of fused-ring (bicyclic) bond motifs is 1. The van der Waals surface area contributed by atoms with Gasteiger partial charge in [0.2, 0.25) is 5.91 Å². The van der Waals surface area contributed by atoms with E-state index in [1.807, 2.05) is 23.2 Å². The summed E-state index contributed by atoms with van der Waals surface area (Å²) in [6.07, 6.45) is 0.957. The zero-order valence-electron chi connectivity index (χ0n) is 12.0. The van der Waals surface area contributed by atoms with E-state index in [0.29, 0.717) is 6.54 Å². The van der Waals surface area contributed by atoms with Crippen LogP contribution in [-0.4, -0.2) is 35.9 Å². The molecule has 114 valence electrons. The van der Waals surface area contributed by atoms with Gasteiger partial charge in [-0.25, -0.2) is 4.98 Å². The molecule has 1 N–H and O–H groups in total. The topological polar surface area (TPSA) is 45.2 Å². The van der Waals surface area contributed by atoms with Gasteiger partial charge in [-0.3, -0.25) is 4.79 Å². The molecule has 3 heterocycles. The van der Waals surface area contributed by atoms with Crippen molar-refractivity contribution in [2.75, 3.05) is 20.1 Å². The number of nitrogens with one attached hydrogen (secondary N) is 1. The first-order chi connectivity index (χ1) is 9.67. The van der Waals surface area contributed by atoms with Gasteiger partial charge >= 0.3 is 0 Å². The first-order valence-electron chi connectivity index (χ1n) is 6.64. The van der Waals surface area contributed by atoms with Crippen molar-refractivity contribution in [2.45, 2.75) is 19.9 Å². The first kappa shape index (κ1) is 16.4. The number of hydrogen-bond donors (Lipinski definition) is 1. The van der Waals surface area contributed by atoms with Crippen molar-refractivity contribution in [1.82, 2.24) is 15.2 Å². The molecule has 1 aliphatic rings. The Labute approximate surface area is 138 Å². The zero-order valence-corrected chi connectivity index (χ0v) is 14.5. The molecule has 0 spiro atoms. The summed E-state index contributed by atoms with van der Waals surface area (Å²) in [5.41, 5.74) is 2.35. The Hall–Kier alpha value is -0.950. The first-order valence-corrected chi connectivity index (χ1v) is 8.33. The second-order valence-corrected chi connectivity index (χ2v) is 7.11. The molecule has 0 fully saturated rings. The van der Waals surface area contributed by atoms with Crippen LogP contribution < -0.4 is 5.32 Å². The summed E-state index contributed by atoms with van der Waals surface area (Å²) in [5, 5.41) is 6.13. The monoisotopic (exact) mass is 343 g/mol. The number of hydrogen-bond acceptors (Lipinski definition) is 5. The van der Waals surface area contributed by atoms with E-state index in [4.69, 9.17) is 0 Å². The fourth-order valence-corrected chi connectivity index (χ4v) is 4.22. The molecular weight excluding hydrogens is 326 g/mol. The Morgan fingerprint density at radius 1 is 1.52 bits per heavy atom. The standard InChI is InChI=1S/C14H17N3OS2.ClH/c1-9-16-11(8-19-9)13-5-10-7-17(14(18)6-15-2)4-3-12(10)20-13;/h5,8,15H,3-4,6-7H2,1-2H3;1H. The number of aromatic nitrogens is 1. The fraction of sp³-hybridized carbons (Fsp3) is 0.429. The van der Waals surface area contributed by atoms with Gasteiger partial charge in [0.1, 0.15) is 0 Å². The molecule has 0 radical (unpaired) electrons. The Morgan fingerprint density at radius 3 is 3.00 bits per heavy atom. The van der Waals surface area contributed by atoms with Crippen molar-refractivity contribution in [3.8, 4) is 10.6 Å². The van der Waals surface area contributed by atoms with E-state index >= 15 is 0 Å². The molecule has 0 unspecified atom stereocenters. The van der Waals surface area contributed by atoms with Gasteiger partial charge in [0.05, 0.1) is 22.1 Å². The lowest BCUT2D eigenvalue weighted by atomic mass is 10.1. The summed E-state index contributed by atoms with van der Waals surface area (Å²) in [5.74, 6) is 0.176. The highest BCUT2D eigenvalue weighted by Gasteiger charge is 2.23. The van der Waals surface area contributed by atoms with Crippen LogP contribution in [0.25, 0.3) is 10.6 Å². The lowest BCUT2D eigenvalue weighted by molar-refractivity contribution is -0.131. The minimum Gasteiger partial charge on any atom is -0.337 e. The van der Waals surface area contributed by atoms with E-state index in [1.54, 1.807) is 18.4 Å². The van der Waals surface area contributed by atoms with E-state index in [0.717, 1.165) is 30.2 Å². The van der Waals surface area contributed by atoms with Crippen molar-refractivity contribution >= 4 is 41.0 Å². The summed E-state index contributed by atoms with van der Waals surface area (Å²) in [6.45, 7) is 4.00. The maximum atomic E-state index is 11.9. The Balaban J connectivity index is 0.00000161. The van der Waals surface area contributed by atoms with Crippen molar-refractivity contribution < 1.29 is 4.79 Å². The number of amides is 1. The number of thiophene rings is 1. The number of likely N-dealkylation sites (N-methyl/N-ethyl adjacent to an activating group) is 1. The molecule has 4 nitrogen and oxygen atoms in total. The lowest BCUT2D eigenvalue weighted by Crippen LogP contribution is -2.39. The fourth-order valence-electron chi connectivity index (χ4n) is 2.41. The van der Waals surface area contributed by atoms with Gasteiger partial charge in [0, 0.05) is 23.3 Å². The summed E-state index contributed by atoms with van der Waals surface area (Å²) >= 11 is 3.50. The molecule has 1 amide bonds. The Kier molecular flexibility index (Phi) is 5.37. The van der Waals surface area contributed by atoms with E-state index in [2.05, 4.69) is 21.7 Å². The summed E-state index contributed by atoms with van der Waals surface area (Å²) in [7, 11) is 1.81. The Bertz CT molecular complexity index is 638. The largest absolute Gasteiger partial charge is 0.337 e. The number of carbonyl (C=O) groups excluding carboxylic acids is 1. The molecule has 21 heavy (non-hydrogen) atoms. The molecule has 0 saturated carbocycles. The zero-order chi connectivity index (χ0) is 14.1. The van der Waals surface area contributed by atoms with Crippen LogP contribution in [0.15, 0.2) is 11.4 Å². The predicted octanol–water partition coefficient (Wildman–Crippen LogP) is 2.71. The van der Waals surface area contributed by atoms with Gasteiger partial charge in [-0.05, 0) is 32.0 Å². The Morgan fingerprint density at radius 2 is 2.33 bits per heavy atom. The number of aryl methyl sites for hydroxylation is 1. The molecule has 0 aromatic carbocycles. The van der Waals surface area contributed by atoms with Crippen molar-refractivity contribution in [2.24, 2.45) is 0 Å². The highest BCUT2D eigenvalue weighted by molar-refractivity contribution is 7.16. The minimum absolute atomic E-state index is 0. The third-order valence-corrected chi connectivity index (χ3v) is 5.45. The molecule has 3 rings (SSSR count). The summed E-state index contributed by atoms with van der Waals surface area (Å²) in [4.78, 5) is 21.0. The summed E-state index contributed by atoms with van der Waals surface area (Å²) < 4.78 is 0. The average molecular weight is 344 g/mol. The van der Waals surface area contributed by atoms with Gasteiger partial charge in [-0.15, -0.1) is 35.1 Å². The van der Waals surface area contributed by atoms with Gasteiger partial charge < -0.3 is 10.2 Å². The van der Waals surface area contributed by atoms with Gasteiger partial charge in [0.25, 0.3) is 0 Å². The molecule has 7 heteroatoms. The number of nitrogens with zero attached hydrogens (tertiary/aromatic N) is 2. The van der Waals surface area contributed by atoms with Crippen molar-refractivity contribution in [3.05, 3.63) is 26.9 Å². The normalized spacial score (nSPS) is 13.7. The molecule has 2 aromatic rings. The van der Waals surface area contributed by atoms with Crippen LogP contribution in [-0.2, 0) is 17.8 Å². The van der Waals surface area contributed by atoms with E-state index in [9.17, 15) is 4.79 Å². The van der Waals surface area contributed by atoms with Gasteiger partial charge in [-0.1, -0.05) is 0 Å². The molecule has 0 aliphatic carbocycles.